The lowest BCUT2D eigenvalue weighted by atomic mass is 10.1. The first-order valence-electron chi connectivity index (χ1n) is 9.49. The van der Waals surface area contributed by atoms with E-state index in [4.69, 9.17) is 9.47 Å². The molecule has 0 spiro atoms. The molecule has 0 heterocycles. The second-order valence-corrected chi connectivity index (χ2v) is 8.80. The van der Waals surface area contributed by atoms with Crippen LogP contribution in [-0.2, 0) is 16.6 Å². The Morgan fingerprint density at radius 3 is 2.48 bits per heavy atom. The molecular weight excluding hydrogens is 416 g/mol. The molecule has 0 bridgehead atoms. The average molecular weight is 441 g/mol. The van der Waals surface area contributed by atoms with Gasteiger partial charge in [0.1, 0.15) is 18.1 Å². The lowest BCUT2D eigenvalue weighted by Gasteiger charge is -2.13. The first-order valence-corrected chi connectivity index (χ1v) is 11.4. The van der Waals surface area contributed by atoms with Crippen LogP contribution >= 0.6 is 0 Å². The SMILES string of the molecule is COc1cc(NC(=O)c2cccc(OCc3cccc(C)c3)c2)ccc1NS(C)(=O)=O. The molecule has 7 nitrogen and oxygen atoms in total. The number of nitrogens with one attached hydrogen (secondary N) is 2. The van der Waals surface area contributed by atoms with Crippen LogP contribution in [0.5, 0.6) is 11.5 Å². The van der Waals surface area contributed by atoms with Crippen molar-refractivity contribution in [2.45, 2.75) is 13.5 Å². The molecule has 0 radical (unpaired) electrons. The fourth-order valence-corrected chi connectivity index (χ4v) is 3.52. The van der Waals surface area contributed by atoms with E-state index in [0.29, 0.717) is 29.4 Å². The third-order valence-corrected chi connectivity index (χ3v) is 4.93. The molecule has 0 aliphatic rings. The van der Waals surface area contributed by atoms with Gasteiger partial charge >= 0.3 is 0 Å². The van der Waals surface area contributed by atoms with Crippen molar-refractivity contribution in [3.63, 3.8) is 0 Å². The van der Waals surface area contributed by atoms with Gasteiger partial charge in [-0.3, -0.25) is 9.52 Å². The van der Waals surface area contributed by atoms with Crippen molar-refractivity contribution in [2.75, 3.05) is 23.4 Å². The highest BCUT2D eigenvalue weighted by Crippen LogP contribution is 2.29. The maximum atomic E-state index is 12.7. The Balaban J connectivity index is 1.69. The van der Waals surface area contributed by atoms with Crippen molar-refractivity contribution in [2.24, 2.45) is 0 Å². The zero-order valence-corrected chi connectivity index (χ0v) is 18.3. The fraction of sp³-hybridized carbons (Fsp3) is 0.174. The number of sulfonamides is 1. The van der Waals surface area contributed by atoms with Crippen molar-refractivity contribution >= 4 is 27.3 Å². The van der Waals surface area contributed by atoms with Crippen LogP contribution in [0, 0.1) is 6.92 Å². The molecule has 0 aliphatic heterocycles. The molecule has 31 heavy (non-hydrogen) atoms. The minimum Gasteiger partial charge on any atom is -0.494 e. The molecule has 3 aromatic rings. The molecule has 0 aromatic heterocycles. The molecule has 2 N–H and O–H groups in total. The van der Waals surface area contributed by atoms with E-state index in [1.807, 2.05) is 31.2 Å². The smallest absolute Gasteiger partial charge is 0.255 e. The highest BCUT2D eigenvalue weighted by atomic mass is 32.2. The number of carbonyl (C=O) groups excluding carboxylic acids is 1. The van der Waals surface area contributed by atoms with Gasteiger partial charge < -0.3 is 14.8 Å². The van der Waals surface area contributed by atoms with Crippen LogP contribution in [-0.4, -0.2) is 27.7 Å². The average Bonchev–Trinajstić information content (AvgIpc) is 2.72. The van der Waals surface area contributed by atoms with Gasteiger partial charge in [-0.15, -0.1) is 0 Å². The van der Waals surface area contributed by atoms with E-state index in [2.05, 4.69) is 10.0 Å². The predicted octanol–water partition coefficient (Wildman–Crippen LogP) is 4.21. The van der Waals surface area contributed by atoms with Crippen LogP contribution in [0.4, 0.5) is 11.4 Å². The highest BCUT2D eigenvalue weighted by molar-refractivity contribution is 7.92. The number of hydrogen-bond donors (Lipinski definition) is 2. The zero-order chi connectivity index (χ0) is 22.4. The van der Waals surface area contributed by atoms with E-state index in [1.54, 1.807) is 36.4 Å². The zero-order valence-electron chi connectivity index (χ0n) is 17.5. The summed E-state index contributed by atoms with van der Waals surface area (Å²) in [5.41, 5.74) is 3.38. The number of hydrogen-bond acceptors (Lipinski definition) is 5. The summed E-state index contributed by atoms with van der Waals surface area (Å²) in [5.74, 6) is 0.546. The Morgan fingerprint density at radius 1 is 1.00 bits per heavy atom. The molecule has 3 rings (SSSR count). The maximum Gasteiger partial charge on any atom is 0.255 e. The second kappa shape index (κ2) is 9.53. The van der Waals surface area contributed by atoms with Crippen LogP contribution in [0.1, 0.15) is 21.5 Å². The topological polar surface area (TPSA) is 93.7 Å². The van der Waals surface area contributed by atoms with Gasteiger partial charge in [0.05, 0.1) is 19.1 Å². The lowest BCUT2D eigenvalue weighted by molar-refractivity contribution is 0.102. The van der Waals surface area contributed by atoms with Crippen molar-refractivity contribution in [1.82, 2.24) is 0 Å². The molecule has 0 aliphatic carbocycles. The molecule has 0 unspecified atom stereocenters. The summed E-state index contributed by atoms with van der Waals surface area (Å²) in [6, 6.07) is 19.6. The normalized spacial score (nSPS) is 10.9. The second-order valence-electron chi connectivity index (χ2n) is 7.05. The third kappa shape index (κ3) is 6.48. The number of aryl methyl sites for hydroxylation is 1. The summed E-state index contributed by atoms with van der Waals surface area (Å²) in [7, 11) is -2.03. The Kier molecular flexibility index (Phi) is 6.81. The van der Waals surface area contributed by atoms with Crippen LogP contribution in [0.2, 0.25) is 0 Å². The minimum absolute atomic E-state index is 0.287. The summed E-state index contributed by atoms with van der Waals surface area (Å²) in [6.45, 7) is 2.42. The Bertz CT molecular complexity index is 1190. The van der Waals surface area contributed by atoms with Crippen molar-refractivity contribution < 1.29 is 22.7 Å². The van der Waals surface area contributed by atoms with Gasteiger partial charge in [-0.05, 0) is 42.8 Å². The summed E-state index contributed by atoms with van der Waals surface area (Å²) in [6.07, 6.45) is 1.05. The number of carbonyl (C=O) groups is 1. The number of ether oxygens (including phenoxy) is 2. The van der Waals surface area contributed by atoms with Crippen LogP contribution in [0.3, 0.4) is 0 Å². The van der Waals surface area contributed by atoms with E-state index < -0.39 is 10.0 Å². The monoisotopic (exact) mass is 440 g/mol. The summed E-state index contributed by atoms with van der Waals surface area (Å²) < 4.78 is 36.3. The standard InChI is InChI=1S/C23H24N2O5S/c1-16-6-4-7-17(12-16)15-30-20-9-5-8-18(13-20)23(26)24-19-10-11-21(22(14-19)29-2)25-31(3,27)28/h4-14,25H,15H2,1-3H3,(H,24,26). The van der Waals surface area contributed by atoms with E-state index in [1.165, 1.54) is 13.2 Å². The first kappa shape index (κ1) is 22.2. The largest absolute Gasteiger partial charge is 0.494 e. The third-order valence-electron chi connectivity index (χ3n) is 4.34. The number of anilines is 2. The maximum absolute atomic E-state index is 12.7. The van der Waals surface area contributed by atoms with Crippen molar-refractivity contribution in [1.29, 1.82) is 0 Å². The molecule has 3 aromatic carbocycles. The van der Waals surface area contributed by atoms with Gasteiger partial charge in [0.15, 0.2) is 0 Å². The van der Waals surface area contributed by atoms with Gasteiger partial charge in [-0.1, -0.05) is 35.9 Å². The van der Waals surface area contributed by atoms with E-state index >= 15 is 0 Å². The molecular formula is C23H24N2O5S. The number of rotatable bonds is 8. The molecule has 0 fully saturated rings. The molecule has 1 amide bonds. The fourth-order valence-electron chi connectivity index (χ4n) is 2.95. The molecule has 0 saturated heterocycles. The first-order chi connectivity index (χ1) is 14.7. The van der Waals surface area contributed by atoms with Gasteiger partial charge in [0.25, 0.3) is 5.91 Å². The summed E-state index contributed by atoms with van der Waals surface area (Å²) >= 11 is 0. The molecule has 162 valence electrons. The molecule has 0 saturated carbocycles. The van der Waals surface area contributed by atoms with E-state index in [0.717, 1.165) is 17.4 Å². The number of benzene rings is 3. The quantitative estimate of drug-likeness (QED) is 0.547. The Labute approximate surface area is 182 Å². The van der Waals surface area contributed by atoms with E-state index in [9.17, 15) is 13.2 Å². The minimum atomic E-state index is -3.45. The number of methoxy groups -OCH3 is 1. The van der Waals surface area contributed by atoms with Crippen LogP contribution < -0.4 is 19.5 Å². The van der Waals surface area contributed by atoms with Gasteiger partial charge in [0, 0.05) is 17.3 Å². The molecule has 8 heteroatoms. The highest BCUT2D eigenvalue weighted by Gasteiger charge is 2.12. The van der Waals surface area contributed by atoms with Gasteiger partial charge in [-0.2, -0.15) is 0 Å². The summed E-state index contributed by atoms with van der Waals surface area (Å²) in [5, 5.41) is 2.78. The predicted molar refractivity (Wildman–Crippen MR) is 121 cm³/mol. The van der Waals surface area contributed by atoms with Gasteiger partial charge in [-0.25, -0.2) is 8.42 Å². The van der Waals surface area contributed by atoms with Crippen molar-refractivity contribution in [3.8, 4) is 11.5 Å². The van der Waals surface area contributed by atoms with Gasteiger partial charge in [0.2, 0.25) is 10.0 Å². The lowest BCUT2D eigenvalue weighted by Crippen LogP contribution is -2.13. The Morgan fingerprint density at radius 2 is 1.77 bits per heavy atom. The van der Waals surface area contributed by atoms with Crippen LogP contribution in [0.25, 0.3) is 0 Å². The summed E-state index contributed by atoms with van der Waals surface area (Å²) in [4.78, 5) is 12.7. The molecule has 0 atom stereocenters. The number of amides is 1. The van der Waals surface area contributed by atoms with E-state index in [-0.39, 0.29) is 11.6 Å². The van der Waals surface area contributed by atoms with Crippen molar-refractivity contribution in [3.05, 3.63) is 83.4 Å². The Hall–Kier alpha value is -3.52. The van der Waals surface area contributed by atoms with Crippen LogP contribution in [0.15, 0.2) is 66.7 Å².